The second kappa shape index (κ2) is 4.25. The number of aryl methyl sites for hydroxylation is 1. The molecule has 0 bridgehead atoms. The zero-order valence-corrected chi connectivity index (χ0v) is 9.75. The van der Waals surface area contributed by atoms with Crippen molar-refractivity contribution in [3.05, 3.63) is 35.3 Å². The Bertz CT molecular complexity index is 658. The van der Waals surface area contributed by atoms with Crippen LogP contribution in [0.3, 0.4) is 0 Å². The molecule has 0 unspecified atom stereocenters. The predicted molar refractivity (Wildman–Crippen MR) is 59.2 cm³/mol. The Balaban J connectivity index is 2.84. The molecule has 7 heteroatoms. The van der Waals surface area contributed by atoms with Gasteiger partial charge < -0.3 is 9.67 Å². The molecule has 1 heterocycles. The zero-order chi connectivity index (χ0) is 14.4. The summed E-state index contributed by atoms with van der Waals surface area (Å²) in [5, 5.41) is 8.83. The van der Waals surface area contributed by atoms with E-state index in [2.05, 4.69) is 0 Å². The quantitative estimate of drug-likeness (QED) is 0.856. The molecule has 0 spiro atoms. The summed E-state index contributed by atoms with van der Waals surface area (Å²) in [6.07, 6.45) is -5.47. The van der Waals surface area contributed by atoms with Crippen molar-refractivity contribution in [2.45, 2.75) is 12.6 Å². The van der Waals surface area contributed by atoms with Crippen LogP contribution in [-0.4, -0.2) is 15.6 Å². The number of aliphatic carboxylic acids is 1. The Morgan fingerprint density at radius 2 is 2.00 bits per heavy atom. The zero-order valence-electron chi connectivity index (χ0n) is 9.75. The minimum atomic E-state index is -4.70. The van der Waals surface area contributed by atoms with Gasteiger partial charge in [0.05, 0.1) is 11.9 Å². The fourth-order valence-electron chi connectivity index (χ4n) is 2.18. The summed E-state index contributed by atoms with van der Waals surface area (Å²) >= 11 is 0. The fourth-order valence-corrected chi connectivity index (χ4v) is 2.18. The molecular formula is C12H9F4NO2. The van der Waals surface area contributed by atoms with E-state index < -0.39 is 30.1 Å². The van der Waals surface area contributed by atoms with Crippen LogP contribution in [0.2, 0.25) is 0 Å². The molecule has 0 atom stereocenters. The van der Waals surface area contributed by atoms with Crippen molar-refractivity contribution in [3.8, 4) is 0 Å². The smallest absolute Gasteiger partial charge is 0.431 e. The second-order valence-electron chi connectivity index (χ2n) is 4.12. The number of aromatic nitrogens is 1. The molecule has 19 heavy (non-hydrogen) atoms. The highest BCUT2D eigenvalue weighted by atomic mass is 19.4. The van der Waals surface area contributed by atoms with Crippen LogP contribution in [0.4, 0.5) is 17.6 Å². The van der Waals surface area contributed by atoms with Gasteiger partial charge in [0, 0.05) is 18.0 Å². The highest BCUT2D eigenvalue weighted by molar-refractivity contribution is 5.89. The molecule has 1 aromatic heterocycles. The lowest BCUT2D eigenvalue weighted by Gasteiger charge is -2.10. The number of carboxylic acids is 1. The largest absolute Gasteiger partial charge is 0.481 e. The summed E-state index contributed by atoms with van der Waals surface area (Å²) < 4.78 is 52.9. The number of carbonyl (C=O) groups is 1. The maximum absolute atomic E-state index is 13.1. The third kappa shape index (κ3) is 2.27. The number of fused-ring (bicyclic) bond motifs is 1. The average Bonchev–Trinajstić information content (AvgIpc) is 2.50. The number of benzene rings is 1. The molecule has 0 amide bonds. The second-order valence-corrected chi connectivity index (χ2v) is 4.12. The Morgan fingerprint density at radius 1 is 1.37 bits per heavy atom. The van der Waals surface area contributed by atoms with E-state index in [-0.39, 0.29) is 16.5 Å². The molecule has 2 aromatic rings. The summed E-state index contributed by atoms with van der Waals surface area (Å²) in [5.41, 5.74) is -1.39. The minimum absolute atomic E-state index is 0.0172. The van der Waals surface area contributed by atoms with Gasteiger partial charge in [0.2, 0.25) is 0 Å². The third-order valence-electron chi connectivity index (χ3n) is 2.86. The summed E-state index contributed by atoms with van der Waals surface area (Å²) in [7, 11) is 1.13. The molecule has 0 saturated carbocycles. The SMILES string of the molecule is Cn1c(C(F)(F)F)c(CC(=O)O)c2ccc(F)cc21. The van der Waals surface area contributed by atoms with Crippen molar-refractivity contribution in [1.82, 2.24) is 4.57 Å². The number of nitrogens with zero attached hydrogens (tertiary/aromatic N) is 1. The first-order valence-corrected chi connectivity index (χ1v) is 5.27. The summed E-state index contributed by atoms with van der Waals surface area (Å²) in [6, 6.07) is 3.13. The monoisotopic (exact) mass is 275 g/mol. The Kier molecular flexibility index (Phi) is 3.00. The minimum Gasteiger partial charge on any atom is -0.481 e. The van der Waals surface area contributed by atoms with Crippen molar-refractivity contribution in [3.63, 3.8) is 0 Å². The molecule has 0 aliphatic carbocycles. The maximum atomic E-state index is 13.1. The van der Waals surface area contributed by atoms with Crippen LogP contribution in [0.15, 0.2) is 18.2 Å². The molecule has 0 aliphatic rings. The van der Waals surface area contributed by atoms with Crippen molar-refractivity contribution >= 4 is 16.9 Å². The van der Waals surface area contributed by atoms with E-state index in [0.717, 1.165) is 29.8 Å². The van der Waals surface area contributed by atoms with E-state index in [9.17, 15) is 22.4 Å². The van der Waals surface area contributed by atoms with Crippen LogP contribution in [0.25, 0.3) is 10.9 Å². The van der Waals surface area contributed by atoms with Crippen molar-refractivity contribution in [2.75, 3.05) is 0 Å². The van der Waals surface area contributed by atoms with Crippen molar-refractivity contribution < 1.29 is 27.5 Å². The molecule has 0 fully saturated rings. The summed E-state index contributed by atoms with van der Waals surface area (Å²) in [6.45, 7) is 0. The Labute approximate surface area is 105 Å². The first-order valence-electron chi connectivity index (χ1n) is 5.27. The lowest BCUT2D eigenvalue weighted by atomic mass is 10.1. The number of rotatable bonds is 2. The lowest BCUT2D eigenvalue weighted by Crippen LogP contribution is -2.15. The Morgan fingerprint density at radius 3 is 2.53 bits per heavy atom. The van der Waals surface area contributed by atoms with Crippen LogP contribution in [0.5, 0.6) is 0 Å². The molecule has 2 rings (SSSR count). The molecule has 3 nitrogen and oxygen atoms in total. The lowest BCUT2D eigenvalue weighted by molar-refractivity contribution is -0.144. The van der Waals surface area contributed by atoms with E-state index in [0.29, 0.717) is 0 Å². The van der Waals surface area contributed by atoms with Gasteiger partial charge in [-0.25, -0.2) is 4.39 Å². The van der Waals surface area contributed by atoms with Gasteiger partial charge in [-0.2, -0.15) is 13.2 Å². The molecular weight excluding hydrogens is 266 g/mol. The average molecular weight is 275 g/mol. The molecule has 0 saturated heterocycles. The van der Waals surface area contributed by atoms with Gasteiger partial charge in [0.25, 0.3) is 0 Å². The first kappa shape index (κ1) is 13.4. The molecule has 1 aromatic carbocycles. The molecule has 0 aliphatic heterocycles. The van der Waals surface area contributed by atoms with Crippen LogP contribution in [0, 0.1) is 5.82 Å². The number of carboxylic acid groups (broad SMARTS) is 1. The third-order valence-corrected chi connectivity index (χ3v) is 2.86. The molecule has 1 N–H and O–H groups in total. The van der Waals surface area contributed by atoms with Crippen LogP contribution in [0.1, 0.15) is 11.3 Å². The normalized spacial score (nSPS) is 12.1. The van der Waals surface area contributed by atoms with E-state index >= 15 is 0 Å². The van der Waals surface area contributed by atoms with E-state index in [4.69, 9.17) is 5.11 Å². The van der Waals surface area contributed by atoms with Crippen LogP contribution < -0.4 is 0 Å². The van der Waals surface area contributed by atoms with E-state index in [1.54, 1.807) is 0 Å². The number of halogens is 4. The van der Waals surface area contributed by atoms with E-state index in [1.165, 1.54) is 0 Å². The molecule has 102 valence electrons. The summed E-state index contributed by atoms with van der Waals surface area (Å²) in [4.78, 5) is 10.7. The van der Waals surface area contributed by atoms with Crippen molar-refractivity contribution in [2.24, 2.45) is 7.05 Å². The van der Waals surface area contributed by atoms with Crippen molar-refractivity contribution in [1.29, 1.82) is 0 Å². The van der Waals surface area contributed by atoms with Gasteiger partial charge in [0.15, 0.2) is 0 Å². The summed E-state index contributed by atoms with van der Waals surface area (Å²) in [5.74, 6) is -2.05. The van der Waals surface area contributed by atoms with Gasteiger partial charge in [-0.1, -0.05) is 0 Å². The van der Waals surface area contributed by atoms with Gasteiger partial charge in [-0.15, -0.1) is 0 Å². The highest BCUT2D eigenvalue weighted by Gasteiger charge is 2.38. The van der Waals surface area contributed by atoms with Gasteiger partial charge in [-0.05, 0) is 18.2 Å². The standard InChI is InChI=1S/C12H9F4NO2/c1-17-9-4-6(13)2-3-7(9)8(5-10(18)19)11(17)12(14,15)16/h2-4H,5H2,1H3,(H,18,19). The van der Waals surface area contributed by atoms with E-state index in [1.807, 2.05) is 0 Å². The molecule has 0 radical (unpaired) electrons. The predicted octanol–water partition coefficient (Wildman–Crippen LogP) is 2.96. The Hall–Kier alpha value is -2.05. The van der Waals surface area contributed by atoms with Gasteiger partial charge in [-0.3, -0.25) is 4.79 Å². The van der Waals surface area contributed by atoms with Gasteiger partial charge in [0.1, 0.15) is 11.5 Å². The topological polar surface area (TPSA) is 42.2 Å². The number of hydrogen-bond acceptors (Lipinski definition) is 1. The van der Waals surface area contributed by atoms with Gasteiger partial charge >= 0.3 is 12.1 Å². The first-order chi connectivity index (χ1) is 8.71. The number of alkyl halides is 3. The maximum Gasteiger partial charge on any atom is 0.431 e. The van der Waals surface area contributed by atoms with Crippen LogP contribution in [-0.2, 0) is 24.4 Å². The van der Waals surface area contributed by atoms with Crippen LogP contribution >= 0.6 is 0 Å². The highest BCUT2D eigenvalue weighted by Crippen LogP contribution is 2.38. The number of hydrogen-bond donors (Lipinski definition) is 1. The fraction of sp³-hybridized carbons (Fsp3) is 0.250.